The Hall–Kier alpha value is -4.71. The number of hydrogen-bond acceptors (Lipinski definition) is 8. The number of unbranched alkanes of at least 4 members (excludes halogenated alkanes) is 1. The molecule has 0 aliphatic rings. The van der Waals surface area contributed by atoms with Crippen molar-refractivity contribution in [1.29, 1.82) is 0 Å². The number of rotatable bonds is 19. The first kappa shape index (κ1) is 37.1. The molecule has 11 heteroatoms. The van der Waals surface area contributed by atoms with Crippen LogP contribution >= 0.6 is 0 Å². The van der Waals surface area contributed by atoms with Gasteiger partial charge in [-0.3, -0.25) is 9.52 Å². The lowest BCUT2D eigenvalue weighted by molar-refractivity contribution is -0.148. The van der Waals surface area contributed by atoms with E-state index >= 15 is 0 Å². The third-order valence-corrected chi connectivity index (χ3v) is 8.99. The highest BCUT2D eigenvalue weighted by Crippen LogP contribution is 2.31. The third kappa shape index (κ3) is 10.9. The van der Waals surface area contributed by atoms with Crippen LogP contribution in [0.25, 0.3) is 0 Å². The minimum absolute atomic E-state index is 0.0801. The first-order valence-electron chi connectivity index (χ1n) is 16.4. The van der Waals surface area contributed by atoms with Crippen molar-refractivity contribution in [2.75, 3.05) is 22.8 Å². The lowest BCUT2D eigenvalue weighted by Crippen LogP contribution is -2.54. The number of anilines is 2. The Kier molecular flexibility index (Phi) is 13.0. The van der Waals surface area contributed by atoms with E-state index in [1.54, 1.807) is 0 Å². The van der Waals surface area contributed by atoms with Crippen LogP contribution in [0.4, 0.5) is 11.4 Å². The molecule has 0 heterocycles. The number of ether oxygens (including phenoxy) is 1. The van der Waals surface area contributed by atoms with Gasteiger partial charge in [-0.15, -0.1) is 0 Å². The van der Waals surface area contributed by atoms with E-state index in [9.17, 15) is 23.1 Å². The number of sulfonamides is 1. The molecule has 0 spiro atoms. The van der Waals surface area contributed by atoms with Crippen LogP contribution < -0.4 is 26.2 Å². The molecule has 4 aromatic carbocycles. The van der Waals surface area contributed by atoms with Gasteiger partial charge < -0.3 is 26.6 Å². The van der Waals surface area contributed by atoms with Gasteiger partial charge in [-0.1, -0.05) is 60.7 Å². The number of benzene rings is 4. The molecule has 260 valence electrons. The molecule has 0 aliphatic carbocycles. The smallest absolute Gasteiger partial charge is 0.331 e. The molecule has 0 aromatic heterocycles. The van der Waals surface area contributed by atoms with Gasteiger partial charge in [0.25, 0.3) is 0 Å². The van der Waals surface area contributed by atoms with Gasteiger partial charge in [-0.05, 0) is 110 Å². The van der Waals surface area contributed by atoms with Crippen molar-refractivity contribution in [2.24, 2.45) is 11.5 Å². The van der Waals surface area contributed by atoms with E-state index in [1.165, 1.54) is 0 Å². The van der Waals surface area contributed by atoms with Crippen molar-refractivity contribution in [2.45, 2.75) is 64.0 Å². The number of hydrogen-bond donors (Lipinski definition) is 5. The van der Waals surface area contributed by atoms with Gasteiger partial charge >= 0.3 is 5.97 Å². The van der Waals surface area contributed by atoms with Crippen molar-refractivity contribution >= 4 is 33.2 Å². The van der Waals surface area contributed by atoms with Crippen LogP contribution in [0.2, 0.25) is 0 Å². The first-order chi connectivity index (χ1) is 23.4. The van der Waals surface area contributed by atoms with E-state index in [2.05, 4.69) is 10.0 Å². The summed E-state index contributed by atoms with van der Waals surface area (Å²) in [5.41, 5.74) is 15.8. The summed E-state index contributed by atoms with van der Waals surface area (Å²) < 4.78 is 33.1. The van der Waals surface area contributed by atoms with Gasteiger partial charge in [0.05, 0.1) is 11.9 Å². The maximum atomic E-state index is 12.6. The van der Waals surface area contributed by atoms with Gasteiger partial charge in [-0.2, -0.15) is 0 Å². The monoisotopic (exact) mass is 686 g/mol. The van der Waals surface area contributed by atoms with Gasteiger partial charge in [0.15, 0.2) is 11.3 Å². The fourth-order valence-corrected chi connectivity index (χ4v) is 6.23. The van der Waals surface area contributed by atoms with Crippen LogP contribution in [0.3, 0.4) is 0 Å². The fraction of sp³-hybridized carbons (Fsp3) is 0.316. The number of ketones is 1. The van der Waals surface area contributed by atoms with Crippen LogP contribution in [0.1, 0.15) is 59.9 Å². The Balaban J connectivity index is 1.30. The normalized spacial score (nSPS) is 12.6. The quantitative estimate of drug-likeness (QED) is 0.0571. The molecule has 7 N–H and O–H groups in total. The number of aliphatic carboxylic acids is 1. The van der Waals surface area contributed by atoms with E-state index in [0.717, 1.165) is 39.8 Å². The molecule has 10 nitrogen and oxygen atoms in total. The molecular formula is C38H46N4O6S. The Bertz CT molecular complexity index is 1810. The highest BCUT2D eigenvalue weighted by Gasteiger charge is 2.40. The van der Waals surface area contributed by atoms with E-state index in [0.29, 0.717) is 62.4 Å². The molecule has 1 atom stereocenters. The summed E-state index contributed by atoms with van der Waals surface area (Å²) in [4.78, 5) is 24.3. The minimum Gasteiger partial charge on any atom is -0.480 e. The van der Waals surface area contributed by atoms with E-state index in [1.807, 2.05) is 97.9 Å². The second-order valence-corrected chi connectivity index (χ2v) is 14.1. The molecule has 0 saturated heterocycles. The first-order valence-corrected chi connectivity index (χ1v) is 18.3. The average molecular weight is 687 g/mol. The van der Waals surface area contributed by atoms with Gasteiger partial charge in [0.1, 0.15) is 11.5 Å². The van der Waals surface area contributed by atoms with Crippen molar-refractivity contribution in [3.63, 3.8) is 0 Å². The highest BCUT2D eigenvalue weighted by atomic mass is 32.2. The number of nitrogens with two attached hydrogens (primary N) is 2. The van der Waals surface area contributed by atoms with Crippen molar-refractivity contribution < 1.29 is 27.9 Å². The van der Waals surface area contributed by atoms with Gasteiger partial charge in [-0.25, -0.2) is 13.2 Å². The summed E-state index contributed by atoms with van der Waals surface area (Å²) >= 11 is 0. The number of Topliss-reactive ketones (excluding diaryl/α,β-unsaturated/α-hetero) is 1. The number of carbonyl (C=O) groups excluding carboxylic acids is 1. The van der Waals surface area contributed by atoms with Crippen LogP contribution in [0, 0.1) is 6.92 Å². The number of nitrogens with one attached hydrogen (secondary N) is 2. The van der Waals surface area contributed by atoms with Crippen molar-refractivity contribution in [3.05, 3.63) is 119 Å². The van der Waals surface area contributed by atoms with Crippen LogP contribution in [-0.2, 0) is 39.0 Å². The Morgan fingerprint density at radius 2 is 1.47 bits per heavy atom. The summed E-state index contributed by atoms with van der Waals surface area (Å²) in [6.07, 6.45) is 4.13. The van der Waals surface area contributed by atoms with Crippen molar-refractivity contribution in [3.8, 4) is 11.5 Å². The number of carbonyl (C=O) groups is 2. The molecule has 0 bridgehead atoms. The van der Waals surface area contributed by atoms with E-state index < -0.39 is 27.3 Å². The second-order valence-electron chi connectivity index (χ2n) is 12.4. The molecule has 0 aliphatic heterocycles. The summed E-state index contributed by atoms with van der Waals surface area (Å²) in [7, 11) is -3.48. The highest BCUT2D eigenvalue weighted by molar-refractivity contribution is 7.92. The standard InChI is InChI=1S/C38H46N4O6S/c1-27-34(22-17-31(36(27)42-49(2,46)47)25-29-9-4-3-5-10-29)41-26-30-15-20-33(21-16-30)48-32-18-13-28(14-19-32)11-8-12-35(43)38(40,37(44)45)23-6-7-24-39/h3-5,9-10,13-22,41-42H,6-8,11-12,23-26,39-40H2,1-2H3,(H,44,45)/t38-/m1/s1. The Morgan fingerprint density at radius 3 is 2.06 bits per heavy atom. The predicted molar refractivity (Wildman–Crippen MR) is 195 cm³/mol. The minimum atomic E-state index is -3.48. The lowest BCUT2D eigenvalue weighted by Gasteiger charge is -2.23. The summed E-state index contributed by atoms with van der Waals surface area (Å²) in [5.74, 6) is -0.422. The number of carboxylic acid groups (broad SMARTS) is 1. The lowest BCUT2D eigenvalue weighted by atomic mass is 9.86. The zero-order valence-corrected chi connectivity index (χ0v) is 28.9. The Morgan fingerprint density at radius 1 is 0.837 bits per heavy atom. The molecule has 4 aromatic rings. The van der Waals surface area contributed by atoms with Gasteiger partial charge in [0, 0.05) is 18.7 Å². The summed E-state index contributed by atoms with van der Waals surface area (Å²) in [6.45, 7) is 2.86. The molecule has 49 heavy (non-hydrogen) atoms. The van der Waals surface area contributed by atoms with E-state index in [-0.39, 0.29) is 12.8 Å². The molecule has 4 rings (SSSR count). The maximum absolute atomic E-state index is 12.6. The SMILES string of the molecule is Cc1c(NCc2ccc(Oc3ccc(CCCC(=O)[C@](N)(CCCCN)C(=O)O)cc3)cc2)ccc(Cc2ccccc2)c1NS(C)(=O)=O. The fourth-order valence-electron chi connectivity index (χ4n) is 5.57. The average Bonchev–Trinajstić information content (AvgIpc) is 3.07. The van der Waals surface area contributed by atoms with Crippen LogP contribution in [0.15, 0.2) is 91.0 Å². The third-order valence-electron chi connectivity index (χ3n) is 8.42. The summed E-state index contributed by atoms with van der Waals surface area (Å²) in [5, 5.41) is 13.0. The predicted octanol–water partition coefficient (Wildman–Crippen LogP) is 6.16. The number of aryl methyl sites for hydroxylation is 1. The van der Waals surface area contributed by atoms with Crippen LogP contribution in [-0.4, -0.2) is 43.6 Å². The summed E-state index contributed by atoms with van der Waals surface area (Å²) in [6, 6.07) is 29.1. The maximum Gasteiger partial charge on any atom is 0.331 e. The van der Waals surface area contributed by atoms with Crippen LogP contribution in [0.5, 0.6) is 11.5 Å². The van der Waals surface area contributed by atoms with Gasteiger partial charge in [0.2, 0.25) is 10.0 Å². The molecule has 0 amide bonds. The zero-order valence-electron chi connectivity index (χ0n) is 28.1. The topological polar surface area (TPSA) is 174 Å². The second kappa shape index (κ2) is 17.1. The number of carboxylic acids is 1. The molecule has 0 radical (unpaired) electrons. The van der Waals surface area contributed by atoms with Crippen molar-refractivity contribution in [1.82, 2.24) is 0 Å². The molecule has 0 saturated carbocycles. The molecular weight excluding hydrogens is 641 g/mol. The molecule has 0 unspecified atom stereocenters. The largest absolute Gasteiger partial charge is 0.480 e. The zero-order chi connectivity index (χ0) is 35.4. The Labute approximate surface area is 288 Å². The van der Waals surface area contributed by atoms with E-state index in [4.69, 9.17) is 16.2 Å². The molecule has 0 fully saturated rings.